The highest BCUT2D eigenvalue weighted by Crippen LogP contribution is 2.27. The molecule has 0 bridgehead atoms. The summed E-state index contributed by atoms with van der Waals surface area (Å²) in [5.41, 5.74) is 1.01. The lowest BCUT2D eigenvalue weighted by atomic mass is 10.2. The number of nitrogens with zero attached hydrogens (tertiary/aromatic N) is 4. The highest BCUT2D eigenvalue weighted by atomic mass is 32.1. The molecule has 1 unspecified atom stereocenters. The SMILES string of the molecule is c1csc(-c2cc(CN3CCCC3Cn3cccn3)no2)c1. The van der Waals surface area contributed by atoms with Crippen molar-refractivity contribution in [2.24, 2.45) is 0 Å². The third-order valence-electron chi connectivity index (χ3n) is 4.14. The molecule has 3 aromatic heterocycles. The first-order valence-electron chi connectivity index (χ1n) is 7.59. The molecular weight excluding hydrogens is 296 g/mol. The molecule has 4 heterocycles. The molecule has 6 heteroatoms. The van der Waals surface area contributed by atoms with Crippen LogP contribution in [0.15, 0.2) is 46.6 Å². The van der Waals surface area contributed by atoms with E-state index in [4.69, 9.17) is 4.52 Å². The molecule has 0 aliphatic carbocycles. The van der Waals surface area contributed by atoms with Gasteiger partial charge in [-0.2, -0.15) is 5.10 Å². The fourth-order valence-electron chi connectivity index (χ4n) is 3.06. The molecule has 1 aliphatic rings. The minimum absolute atomic E-state index is 0.529. The van der Waals surface area contributed by atoms with Crippen molar-refractivity contribution in [1.82, 2.24) is 19.8 Å². The van der Waals surface area contributed by atoms with E-state index in [0.29, 0.717) is 6.04 Å². The van der Waals surface area contributed by atoms with Gasteiger partial charge in [0.05, 0.1) is 17.1 Å². The molecule has 0 N–H and O–H groups in total. The molecule has 22 heavy (non-hydrogen) atoms. The van der Waals surface area contributed by atoms with E-state index in [1.807, 2.05) is 29.2 Å². The van der Waals surface area contributed by atoms with Gasteiger partial charge >= 0.3 is 0 Å². The third-order valence-corrected chi connectivity index (χ3v) is 5.03. The van der Waals surface area contributed by atoms with Crippen LogP contribution in [0.4, 0.5) is 0 Å². The molecule has 0 aromatic carbocycles. The van der Waals surface area contributed by atoms with E-state index < -0.39 is 0 Å². The van der Waals surface area contributed by atoms with Crippen LogP contribution in [0.25, 0.3) is 10.6 Å². The van der Waals surface area contributed by atoms with E-state index in [0.717, 1.165) is 36.0 Å². The van der Waals surface area contributed by atoms with Crippen molar-refractivity contribution >= 4 is 11.3 Å². The van der Waals surface area contributed by atoms with Gasteiger partial charge in [-0.25, -0.2) is 0 Å². The first-order chi connectivity index (χ1) is 10.9. The van der Waals surface area contributed by atoms with Crippen LogP contribution in [0.2, 0.25) is 0 Å². The average molecular weight is 314 g/mol. The number of likely N-dealkylation sites (tertiary alicyclic amines) is 1. The minimum atomic E-state index is 0.529. The van der Waals surface area contributed by atoms with Crippen molar-refractivity contribution in [3.63, 3.8) is 0 Å². The summed E-state index contributed by atoms with van der Waals surface area (Å²) >= 11 is 1.68. The van der Waals surface area contributed by atoms with E-state index in [9.17, 15) is 0 Å². The van der Waals surface area contributed by atoms with Crippen molar-refractivity contribution in [1.29, 1.82) is 0 Å². The van der Waals surface area contributed by atoms with Gasteiger partial charge in [-0.3, -0.25) is 9.58 Å². The van der Waals surface area contributed by atoms with Gasteiger partial charge in [0.15, 0.2) is 5.76 Å². The van der Waals surface area contributed by atoms with Gasteiger partial charge < -0.3 is 4.52 Å². The van der Waals surface area contributed by atoms with Crippen LogP contribution < -0.4 is 0 Å². The van der Waals surface area contributed by atoms with Crippen LogP contribution in [0, 0.1) is 0 Å². The van der Waals surface area contributed by atoms with Gasteiger partial charge in [0.25, 0.3) is 0 Å². The van der Waals surface area contributed by atoms with Gasteiger partial charge in [-0.15, -0.1) is 11.3 Å². The largest absolute Gasteiger partial charge is 0.355 e. The van der Waals surface area contributed by atoms with Crippen molar-refractivity contribution in [3.8, 4) is 10.6 Å². The Morgan fingerprint density at radius 1 is 1.36 bits per heavy atom. The second-order valence-electron chi connectivity index (χ2n) is 5.65. The molecule has 0 spiro atoms. The summed E-state index contributed by atoms with van der Waals surface area (Å²) < 4.78 is 7.49. The molecule has 3 aromatic rings. The smallest absolute Gasteiger partial charge is 0.177 e. The summed E-state index contributed by atoms with van der Waals surface area (Å²) in [6, 6.07) is 8.66. The number of aromatic nitrogens is 3. The predicted octanol–water partition coefficient (Wildman–Crippen LogP) is 3.26. The maximum Gasteiger partial charge on any atom is 0.177 e. The number of rotatable bonds is 5. The Hall–Kier alpha value is -1.92. The Morgan fingerprint density at radius 3 is 3.18 bits per heavy atom. The molecule has 1 aliphatic heterocycles. The van der Waals surface area contributed by atoms with Crippen LogP contribution >= 0.6 is 11.3 Å². The molecule has 0 amide bonds. The van der Waals surface area contributed by atoms with Crippen LogP contribution in [0.3, 0.4) is 0 Å². The maximum atomic E-state index is 5.48. The molecule has 4 rings (SSSR count). The zero-order chi connectivity index (χ0) is 14.8. The number of hydrogen-bond acceptors (Lipinski definition) is 5. The Morgan fingerprint density at radius 2 is 2.36 bits per heavy atom. The van der Waals surface area contributed by atoms with Crippen LogP contribution in [0.5, 0.6) is 0 Å². The van der Waals surface area contributed by atoms with Gasteiger partial charge in [-0.1, -0.05) is 11.2 Å². The van der Waals surface area contributed by atoms with Crippen LogP contribution in [-0.2, 0) is 13.1 Å². The quantitative estimate of drug-likeness (QED) is 0.725. The summed E-state index contributed by atoms with van der Waals surface area (Å²) in [6.07, 6.45) is 6.32. The minimum Gasteiger partial charge on any atom is -0.355 e. The topological polar surface area (TPSA) is 47.1 Å². The monoisotopic (exact) mass is 314 g/mol. The fourth-order valence-corrected chi connectivity index (χ4v) is 3.74. The molecule has 1 atom stereocenters. The second kappa shape index (κ2) is 6.06. The lowest BCUT2D eigenvalue weighted by molar-refractivity contribution is 0.213. The summed E-state index contributed by atoms with van der Waals surface area (Å²) in [6.45, 7) is 2.91. The Bertz CT molecular complexity index is 704. The van der Waals surface area contributed by atoms with Gasteiger partial charge in [0, 0.05) is 31.0 Å². The summed E-state index contributed by atoms with van der Waals surface area (Å²) in [5, 5.41) is 10.6. The molecule has 114 valence electrons. The normalized spacial score (nSPS) is 19.0. The molecule has 5 nitrogen and oxygen atoms in total. The first kappa shape index (κ1) is 13.7. The molecule has 1 saturated heterocycles. The van der Waals surface area contributed by atoms with Crippen molar-refractivity contribution < 1.29 is 4.52 Å². The lowest BCUT2D eigenvalue weighted by Gasteiger charge is -2.23. The van der Waals surface area contributed by atoms with E-state index >= 15 is 0 Å². The molecule has 1 fully saturated rings. The zero-order valence-electron chi connectivity index (χ0n) is 12.3. The van der Waals surface area contributed by atoms with Gasteiger partial charge in [-0.05, 0) is 36.9 Å². The molecular formula is C16H18N4OS. The van der Waals surface area contributed by atoms with Crippen molar-refractivity contribution in [2.45, 2.75) is 32.0 Å². The van der Waals surface area contributed by atoms with E-state index in [2.05, 4.69) is 32.7 Å². The van der Waals surface area contributed by atoms with Crippen molar-refractivity contribution in [3.05, 3.63) is 47.7 Å². The highest BCUT2D eigenvalue weighted by molar-refractivity contribution is 7.13. The predicted molar refractivity (Wildman–Crippen MR) is 85.5 cm³/mol. The van der Waals surface area contributed by atoms with Gasteiger partial charge in [0.2, 0.25) is 0 Å². The number of hydrogen-bond donors (Lipinski definition) is 0. The van der Waals surface area contributed by atoms with E-state index in [1.165, 1.54) is 12.8 Å². The fraction of sp³-hybridized carbons (Fsp3) is 0.375. The second-order valence-corrected chi connectivity index (χ2v) is 6.60. The standard InChI is InChI=1S/C16H18N4OS/c1-4-14(12-20-8-3-6-17-20)19(7-1)11-13-10-15(21-18-13)16-5-2-9-22-16/h2-3,5-6,8-10,14H,1,4,7,11-12H2. The Balaban J connectivity index is 1.44. The maximum absolute atomic E-state index is 5.48. The summed E-state index contributed by atoms with van der Waals surface area (Å²) in [7, 11) is 0. The lowest BCUT2D eigenvalue weighted by Crippen LogP contribution is -2.32. The van der Waals surface area contributed by atoms with Crippen LogP contribution in [-0.4, -0.2) is 32.4 Å². The highest BCUT2D eigenvalue weighted by Gasteiger charge is 2.26. The van der Waals surface area contributed by atoms with Crippen molar-refractivity contribution in [2.75, 3.05) is 6.54 Å². The summed E-state index contributed by atoms with van der Waals surface area (Å²) in [4.78, 5) is 3.62. The van der Waals surface area contributed by atoms with Gasteiger partial charge in [0.1, 0.15) is 0 Å². The first-order valence-corrected chi connectivity index (χ1v) is 8.47. The van der Waals surface area contributed by atoms with Crippen LogP contribution in [0.1, 0.15) is 18.5 Å². The Labute approximate surface area is 133 Å². The van der Waals surface area contributed by atoms with E-state index in [1.54, 1.807) is 11.3 Å². The third kappa shape index (κ3) is 2.84. The average Bonchev–Trinajstić information content (AvgIpc) is 3.28. The van der Waals surface area contributed by atoms with E-state index in [-0.39, 0.29) is 0 Å². The number of thiophene rings is 1. The molecule has 0 radical (unpaired) electrons. The Kier molecular flexibility index (Phi) is 3.78. The summed E-state index contributed by atoms with van der Waals surface area (Å²) in [5.74, 6) is 0.868. The zero-order valence-corrected chi connectivity index (χ0v) is 13.1. The molecule has 0 saturated carbocycles.